The lowest BCUT2D eigenvalue weighted by atomic mass is 9.77. The molecule has 0 bridgehead atoms. The molecule has 1 heterocycles. The van der Waals surface area contributed by atoms with Gasteiger partial charge in [-0.3, -0.25) is 0 Å². The normalized spacial score (nSPS) is 19.7. The smallest absolute Gasteiger partial charge is 0.399 e. The van der Waals surface area contributed by atoms with Gasteiger partial charge in [-0.2, -0.15) is 8.78 Å². The van der Waals surface area contributed by atoms with Crippen molar-refractivity contribution in [1.29, 1.82) is 0 Å². The molecule has 124 valence electrons. The van der Waals surface area contributed by atoms with Gasteiger partial charge >= 0.3 is 7.12 Å². The minimum Gasteiger partial charge on any atom is -0.399 e. The van der Waals surface area contributed by atoms with Gasteiger partial charge in [0.1, 0.15) is 0 Å². The van der Waals surface area contributed by atoms with Crippen LogP contribution in [0, 0.1) is 0 Å². The summed E-state index contributed by atoms with van der Waals surface area (Å²) in [7, 11) is -0.766. The lowest BCUT2D eigenvalue weighted by Gasteiger charge is -2.32. The number of halogens is 2. The summed E-state index contributed by atoms with van der Waals surface area (Å²) in [6, 6.07) is 9.93. The molecule has 1 aromatic carbocycles. The summed E-state index contributed by atoms with van der Waals surface area (Å²) in [5, 5.41) is 0. The van der Waals surface area contributed by atoms with Crippen molar-refractivity contribution in [2.45, 2.75) is 51.7 Å². The van der Waals surface area contributed by atoms with Crippen molar-refractivity contribution in [1.82, 2.24) is 0 Å². The number of hydrogen-bond acceptors (Lipinski definition) is 2. The molecule has 2 nitrogen and oxygen atoms in total. The molecule has 1 aromatic rings. The maximum atomic E-state index is 12.8. The van der Waals surface area contributed by atoms with Gasteiger partial charge in [0.05, 0.1) is 11.2 Å². The highest BCUT2D eigenvalue weighted by Gasteiger charge is 2.52. The van der Waals surface area contributed by atoms with Crippen LogP contribution in [0.1, 0.15) is 39.7 Å². The molecule has 0 saturated carbocycles. The van der Waals surface area contributed by atoms with Gasteiger partial charge in [0, 0.05) is 6.08 Å². The first-order valence-electron chi connectivity index (χ1n) is 7.83. The monoisotopic (exact) mass is 320 g/mol. The van der Waals surface area contributed by atoms with Crippen LogP contribution in [0.3, 0.4) is 0 Å². The van der Waals surface area contributed by atoms with Gasteiger partial charge in [0.15, 0.2) is 0 Å². The van der Waals surface area contributed by atoms with E-state index in [4.69, 9.17) is 9.31 Å². The molecule has 1 aliphatic heterocycles. The standard InChI is InChI=1S/C18H23BF2O2/c1-17(2)18(3,4)23-19(22-17)15(13-16(20)21)12-8-11-14-9-6-5-7-10-14/h5-7,9-10,12-13H,8,11H2,1-4H3/b15-12+. The van der Waals surface area contributed by atoms with Crippen molar-refractivity contribution in [2.24, 2.45) is 0 Å². The Balaban J connectivity index is 2.12. The summed E-state index contributed by atoms with van der Waals surface area (Å²) in [4.78, 5) is 0. The van der Waals surface area contributed by atoms with Crippen molar-refractivity contribution in [2.75, 3.05) is 0 Å². The average molecular weight is 320 g/mol. The quantitative estimate of drug-likeness (QED) is 0.564. The zero-order valence-corrected chi connectivity index (χ0v) is 14.1. The second kappa shape index (κ2) is 6.97. The fourth-order valence-electron chi connectivity index (χ4n) is 2.38. The summed E-state index contributed by atoms with van der Waals surface area (Å²) in [5.74, 6) is 0. The van der Waals surface area contributed by atoms with E-state index in [0.717, 1.165) is 12.5 Å². The second-order valence-electron chi connectivity index (χ2n) is 6.75. The van der Waals surface area contributed by atoms with Gasteiger partial charge < -0.3 is 9.31 Å². The van der Waals surface area contributed by atoms with Gasteiger partial charge in [-0.1, -0.05) is 36.4 Å². The molecule has 0 N–H and O–H groups in total. The van der Waals surface area contributed by atoms with Crippen LogP contribution in [0.15, 0.2) is 54.0 Å². The molecule has 0 radical (unpaired) electrons. The first kappa shape index (κ1) is 17.9. The van der Waals surface area contributed by atoms with Crippen molar-refractivity contribution < 1.29 is 18.1 Å². The van der Waals surface area contributed by atoms with Gasteiger partial charge in [0.2, 0.25) is 0 Å². The average Bonchev–Trinajstić information content (AvgIpc) is 2.67. The van der Waals surface area contributed by atoms with E-state index in [1.807, 2.05) is 58.0 Å². The molecule has 0 aromatic heterocycles. The first-order chi connectivity index (χ1) is 10.7. The molecule has 0 unspecified atom stereocenters. The Kier molecular flexibility index (Phi) is 5.43. The second-order valence-corrected chi connectivity index (χ2v) is 6.75. The van der Waals surface area contributed by atoms with Crippen molar-refractivity contribution in [3.05, 3.63) is 59.6 Å². The van der Waals surface area contributed by atoms with Crippen LogP contribution >= 0.6 is 0 Å². The van der Waals surface area contributed by atoms with Gasteiger partial charge in [0.25, 0.3) is 6.08 Å². The number of allylic oxidation sites excluding steroid dienone is 3. The predicted octanol–water partition coefficient (Wildman–Crippen LogP) is 4.96. The largest absolute Gasteiger partial charge is 0.494 e. The zero-order valence-electron chi connectivity index (χ0n) is 14.1. The SMILES string of the molecule is CC1(C)OB(/C(C=C(F)F)=C/CCc2ccccc2)OC1(C)C. The van der Waals surface area contributed by atoms with Crippen LogP contribution in [0.2, 0.25) is 0 Å². The Morgan fingerprint density at radius 3 is 2.13 bits per heavy atom. The first-order valence-corrected chi connectivity index (χ1v) is 7.83. The van der Waals surface area contributed by atoms with Crippen LogP contribution in [0.25, 0.3) is 0 Å². The Labute approximate surface area is 137 Å². The topological polar surface area (TPSA) is 18.5 Å². The van der Waals surface area contributed by atoms with E-state index in [1.54, 1.807) is 6.08 Å². The van der Waals surface area contributed by atoms with E-state index in [9.17, 15) is 8.78 Å². The van der Waals surface area contributed by atoms with E-state index >= 15 is 0 Å². The zero-order chi connectivity index (χ0) is 17.1. The molecular formula is C18H23BF2O2. The van der Waals surface area contributed by atoms with Crippen molar-refractivity contribution >= 4 is 7.12 Å². The molecule has 1 aliphatic rings. The van der Waals surface area contributed by atoms with Crippen LogP contribution < -0.4 is 0 Å². The van der Waals surface area contributed by atoms with Crippen LogP contribution in [0.5, 0.6) is 0 Å². The molecular weight excluding hydrogens is 297 g/mol. The maximum absolute atomic E-state index is 12.8. The lowest BCUT2D eigenvalue weighted by Crippen LogP contribution is -2.41. The van der Waals surface area contributed by atoms with E-state index in [2.05, 4.69) is 0 Å². The molecule has 5 heteroatoms. The molecule has 0 aliphatic carbocycles. The molecule has 0 spiro atoms. The fraction of sp³-hybridized carbons (Fsp3) is 0.444. The summed E-state index contributed by atoms with van der Waals surface area (Å²) < 4.78 is 37.3. The Morgan fingerprint density at radius 1 is 1.04 bits per heavy atom. The predicted molar refractivity (Wildman–Crippen MR) is 89.2 cm³/mol. The summed E-state index contributed by atoms with van der Waals surface area (Å²) in [6.45, 7) is 7.63. The maximum Gasteiger partial charge on any atom is 0.494 e. The number of rotatable bonds is 5. The Morgan fingerprint density at radius 2 is 1.61 bits per heavy atom. The number of hydrogen-bond donors (Lipinski definition) is 0. The third-order valence-electron chi connectivity index (χ3n) is 4.46. The van der Waals surface area contributed by atoms with E-state index in [-0.39, 0.29) is 0 Å². The van der Waals surface area contributed by atoms with E-state index in [0.29, 0.717) is 11.9 Å². The molecule has 23 heavy (non-hydrogen) atoms. The van der Waals surface area contributed by atoms with Crippen molar-refractivity contribution in [3.8, 4) is 0 Å². The highest BCUT2D eigenvalue weighted by Crippen LogP contribution is 2.39. The summed E-state index contributed by atoms with van der Waals surface area (Å²) in [6.07, 6.45) is 2.30. The molecule has 0 amide bonds. The molecule has 1 saturated heterocycles. The van der Waals surface area contributed by atoms with Gasteiger partial charge in [-0.25, -0.2) is 0 Å². The minimum atomic E-state index is -1.74. The summed E-state index contributed by atoms with van der Waals surface area (Å²) in [5.41, 5.74) is 0.453. The number of aryl methyl sites for hydroxylation is 1. The number of benzene rings is 1. The Hall–Kier alpha value is -1.46. The molecule has 0 atom stereocenters. The van der Waals surface area contributed by atoms with Crippen LogP contribution in [0.4, 0.5) is 8.78 Å². The van der Waals surface area contributed by atoms with E-state index < -0.39 is 24.4 Å². The van der Waals surface area contributed by atoms with Crippen LogP contribution in [-0.2, 0) is 15.7 Å². The highest BCUT2D eigenvalue weighted by atomic mass is 19.3. The Bertz CT molecular complexity index is 574. The fourth-order valence-corrected chi connectivity index (χ4v) is 2.38. The van der Waals surface area contributed by atoms with Gasteiger partial charge in [-0.15, -0.1) is 0 Å². The third-order valence-corrected chi connectivity index (χ3v) is 4.46. The minimum absolute atomic E-state index is 0.375. The summed E-state index contributed by atoms with van der Waals surface area (Å²) >= 11 is 0. The third kappa shape index (κ3) is 4.52. The van der Waals surface area contributed by atoms with Gasteiger partial charge in [-0.05, 0) is 51.6 Å². The van der Waals surface area contributed by atoms with Crippen molar-refractivity contribution in [3.63, 3.8) is 0 Å². The van der Waals surface area contributed by atoms with Crippen LogP contribution in [-0.4, -0.2) is 18.3 Å². The lowest BCUT2D eigenvalue weighted by molar-refractivity contribution is 0.00578. The highest BCUT2D eigenvalue weighted by molar-refractivity contribution is 6.55. The molecule has 1 fully saturated rings. The van der Waals surface area contributed by atoms with E-state index in [1.165, 1.54) is 5.56 Å². The molecule has 2 rings (SSSR count).